The molecule has 3 aromatic carbocycles. The van der Waals surface area contributed by atoms with E-state index >= 15 is 0 Å². The molecule has 0 spiro atoms. The number of urea groups is 1. The molecular formula is C27H23ClN2O7. The lowest BCUT2D eigenvalue weighted by molar-refractivity contribution is -0.122. The largest absolute Gasteiger partial charge is 0.497 e. The molecule has 0 saturated carbocycles. The number of hydrogen-bond acceptors (Lipinski definition) is 7. The number of hydrogen-bond donors (Lipinski definition) is 1. The van der Waals surface area contributed by atoms with Gasteiger partial charge < -0.3 is 18.9 Å². The van der Waals surface area contributed by atoms with E-state index in [1.165, 1.54) is 38.5 Å². The van der Waals surface area contributed by atoms with Crippen LogP contribution in [0.25, 0.3) is 6.08 Å². The first kappa shape index (κ1) is 25.6. The number of rotatable bonds is 9. The summed E-state index contributed by atoms with van der Waals surface area (Å²) in [6.07, 6.45) is 1.33. The Bertz CT molecular complexity index is 1340. The van der Waals surface area contributed by atoms with Gasteiger partial charge in [0.25, 0.3) is 11.8 Å². The van der Waals surface area contributed by atoms with Crippen molar-refractivity contribution in [1.82, 2.24) is 5.32 Å². The van der Waals surface area contributed by atoms with Crippen LogP contribution in [0, 0.1) is 0 Å². The number of carbonyl (C=O) groups is 3. The summed E-state index contributed by atoms with van der Waals surface area (Å²) in [5.74, 6) is 0.240. The van der Waals surface area contributed by atoms with Crippen molar-refractivity contribution in [2.24, 2.45) is 0 Å². The minimum absolute atomic E-state index is 0.200. The molecule has 1 saturated heterocycles. The summed E-state index contributed by atoms with van der Waals surface area (Å²) in [5, 5.41) is 2.39. The molecule has 0 bridgehead atoms. The molecule has 190 valence electrons. The smallest absolute Gasteiger partial charge is 0.335 e. The normalized spacial score (nSPS) is 14.4. The first-order valence-electron chi connectivity index (χ1n) is 11.1. The predicted molar refractivity (Wildman–Crippen MR) is 137 cm³/mol. The maximum absolute atomic E-state index is 13.1. The van der Waals surface area contributed by atoms with E-state index in [0.717, 1.165) is 4.90 Å². The van der Waals surface area contributed by atoms with Gasteiger partial charge in [-0.15, -0.1) is 0 Å². The first-order chi connectivity index (χ1) is 17.9. The Balaban J connectivity index is 1.53. The number of benzene rings is 3. The van der Waals surface area contributed by atoms with Crippen LogP contribution in [-0.2, 0) is 9.59 Å². The third-order valence-electron chi connectivity index (χ3n) is 5.34. The predicted octanol–water partition coefficient (Wildman–Crippen LogP) is 4.48. The van der Waals surface area contributed by atoms with Crippen molar-refractivity contribution < 1.29 is 33.3 Å². The monoisotopic (exact) mass is 522 g/mol. The number of methoxy groups -OCH3 is 2. The van der Waals surface area contributed by atoms with Crippen molar-refractivity contribution >= 4 is 41.2 Å². The third kappa shape index (κ3) is 5.84. The molecule has 1 aliphatic rings. The van der Waals surface area contributed by atoms with E-state index in [0.29, 0.717) is 22.8 Å². The van der Waals surface area contributed by atoms with Gasteiger partial charge in [0.05, 0.1) is 24.9 Å². The molecule has 9 nitrogen and oxygen atoms in total. The number of halogens is 1. The Morgan fingerprint density at radius 1 is 0.865 bits per heavy atom. The summed E-state index contributed by atoms with van der Waals surface area (Å²) >= 11 is 6.44. The Hall–Kier alpha value is -4.50. The molecule has 0 radical (unpaired) electrons. The molecular weight excluding hydrogens is 500 g/mol. The lowest BCUT2D eigenvalue weighted by Crippen LogP contribution is -2.54. The zero-order valence-corrected chi connectivity index (χ0v) is 20.8. The highest BCUT2D eigenvalue weighted by Crippen LogP contribution is 2.37. The maximum Gasteiger partial charge on any atom is 0.335 e. The molecule has 0 atom stereocenters. The third-order valence-corrected chi connectivity index (χ3v) is 5.62. The van der Waals surface area contributed by atoms with Crippen molar-refractivity contribution in [1.29, 1.82) is 0 Å². The maximum atomic E-state index is 13.1. The fourth-order valence-electron chi connectivity index (χ4n) is 3.57. The van der Waals surface area contributed by atoms with Crippen LogP contribution in [0.2, 0.25) is 5.02 Å². The molecule has 0 unspecified atom stereocenters. The van der Waals surface area contributed by atoms with Crippen molar-refractivity contribution in [2.75, 3.05) is 32.3 Å². The number of barbiturate groups is 1. The zero-order valence-electron chi connectivity index (χ0n) is 20.0. The van der Waals surface area contributed by atoms with Gasteiger partial charge in [-0.1, -0.05) is 29.8 Å². The Morgan fingerprint density at radius 2 is 1.57 bits per heavy atom. The number of anilines is 1. The molecule has 37 heavy (non-hydrogen) atoms. The van der Waals surface area contributed by atoms with E-state index in [2.05, 4.69) is 5.32 Å². The van der Waals surface area contributed by atoms with Crippen molar-refractivity contribution in [2.45, 2.75) is 0 Å². The van der Waals surface area contributed by atoms with Crippen LogP contribution in [0.15, 0.2) is 72.3 Å². The van der Waals surface area contributed by atoms with Crippen LogP contribution in [0.3, 0.4) is 0 Å². The van der Waals surface area contributed by atoms with E-state index < -0.39 is 17.8 Å². The van der Waals surface area contributed by atoms with Gasteiger partial charge in [-0.3, -0.25) is 14.9 Å². The van der Waals surface area contributed by atoms with E-state index in [1.54, 1.807) is 18.2 Å². The van der Waals surface area contributed by atoms with Gasteiger partial charge in [0.15, 0.2) is 11.5 Å². The van der Waals surface area contributed by atoms with Crippen LogP contribution in [0.5, 0.6) is 23.0 Å². The number of nitrogens with zero attached hydrogens (tertiary/aromatic N) is 1. The number of ether oxygens (including phenoxy) is 4. The van der Waals surface area contributed by atoms with E-state index in [1.807, 2.05) is 30.3 Å². The lowest BCUT2D eigenvalue weighted by Gasteiger charge is -2.26. The molecule has 4 amide bonds. The van der Waals surface area contributed by atoms with Crippen LogP contribution in [-0.4, -0.2) is 45.3 Å². The SMILES string of the molecule is COc1ccc(N2C(=O)NC(=O)/C(=C/c3cc(Cl)c(OCCOc4ccccc4)c(OC)c3)C2=O)cc1. The van der Waals surface area contributed by atoms with Crippen LogP contribution in [0.4, 0.5) is 10.5 Å². The summed E-state index contributed by atoms with van der Waals surface area (Å²) in [5.41, 5.74) is 0.425. The zero-order chi connectivity index (χ0) is 26.4. The van der Waals surface area contributed by atoms with E-state index in [4.69, 9.17) is 30.5 Å². The van der Waals surface area contributed by atoms with Gasteiger partial charge in [-0.2, -0.15) is 0 Å². The highest BCUT2D eigenvalue weighted by Gasteiger charge is 2.36. The molecule has 3 aromatic rings. The van der Waals surface area contributed by atoms with Crippen molar-refractivity contribution in [3.8, 4) is 23.0 Å². The van der Waals surface area contributed by atoms with Crippen LogP contribution in [0.1, 0.15) is 5.56 Å². The molecule has 1 N–H and O–H groups in total. The highest BCUT2D eigenvalue weighted by atomic mass is 35.5. The summed E-state index contributed by atoms with van der Waals surface area (Å²) in [7, 11) is 2.94. The minimum atomic E-state index is -0.852. The molecule has 0 aromatic heterocycles. The van der Waals surface area contributed by atoms with Gasteiger partial charge in [-0.05, 0) is 60.2 Å². The molecule has 1 heterocycles. The van der Waals surface area contributed by atoms with E-state index in [9.17, 15) is 14.4 Å². The highest BCUT2D eigenvalue weighted by molar-refractivity contribution is 6.39. The molecule has 10 heteroatoms. The Labute approximate surface area is 218 Å². The number of carbonyl (C=O) groups excluding carboxylic acids is 3. The number of imide groups is 2. The van der Waals surface area contributed by atoms with Gasteiger partial charge in [-0.25, -0.2) is 9.69 Å². The second kappa shape index (κ2) is 11.5. The fraction of sp³-hybridized carbons (Fsp3) is 0.148. The topological polar surface area (TPSA) is 103 Å². The van der Waals surface area contributed by atoms with Crippen molar-refractivity contribution in [3.05, 3.63) is 82.9 Å². The standard InChI is InChI=1S/C27H23ClN2O7/c1-34-19-10-8-18(9-11-19)30-26(32)21(25(31)29-27(30)33)14-17-15-22(28)24(23(16-17)35-2)37-13-12-36-20-6-4-3-5-7-20/h3-11,14-16H,12-13H2,1-2H3,(H,29,31,33)/b21-14-. The van der Waals surface area contributed by atoms with Gasteiger partial charge in [0.1, 0.15) is 30.3 Å². The van der Waals surface area contributed by atoms with Crippen LogP contribution >= 0.6 is 11.6 Å². The number of para-hydroxylation sites is 1. The van der Waals surface area contributed by atoms with Crippen LogP contribution < -0.4 is 29.2 Å². The van der Waals surface area contributed by atoms with E-state index in [-0.39, 0.29) is 35.2 Å². The Kier molecular flexibility index (Phi) is 7.95. The molecule has 1 fully saturated rings. The average molecular weight is 523 g/mol. The second-order valence-electron chi connectivity index (χ2n) is 7.70. The summed E-state index contributed by atoms with van der Waals surface area (Å²) in [4.78, 5) is 39.0. The number of nitrogens with one attached hydrogen (secondary N) is 1. The van der Waals surface area contributed by atoms with Gasteiger partial charge in [0.2, 0.25) is 0 Å². The molecule has 0 aliphatic carbocycles. The second-order valence-corrected chi connectivity index (χ2v) is 8.11. The molecule has 1 aliphatic heterocycles. The summed E-state index contributed by atoms with van der Waals surface area (Å²) in [6, 6.07) is 17.8. The Morgan fingerprint density at radius 3 is 2.24 bits per heavy atom. The fourth-order valence-corrected chi connectivity index (χ4v) is 3.85. The van der Waals surface area contributed by atoms with Crippen molar-refractivity contribution in [3.63, 3.8) is 0 Å². The van der Waals surface area contributed by atoms with Gasteiger partial charge >= 0.3 is 6.03 Å². The molecule has 4 rings (SSSR count). The average Bonchev–Trinajstić information content (AvgIpc) is 2.90. The first-order valence-corrected chi connectivity index (χ1v) is 11.5. The summed E-state index contributed by atoms with van der Waals surface area (Å²) < 4.78 is 21.9. The number of amides is 4. The summed E-state index contributed by atoms with van der Waals surface area (Å²) in [6.45, 7) is 0.477. The van der Waals surface area contributed by atoms with Gasteiger partial charge in [0, 0.05) is 0 Å². The lowest BCUT2D eigenvalue weighted by atomic mass is 10.1. The minimum Gasteiger partial charge on any atom is -0.497 e. The quantitative estimate of drug-likeness (QED) is 0.251.